The number of carbonyl (C=O) groups is 2. The summed E-state index contributed by atoms with van der Waals surface area (Å²) in [6, 6.07) is 7.08. The van der Waals surface area contributed by atoms with Gasteiger partial charge < -0.3 is 19.9 Å². The second-order valence-corrected chi connectivity index (χ2v) is 6.20. The van der Waals surface area contributed by atoms with Crippen molar-refractivity contribution < 1.29 is 14.3 Å². The molecule has 0 aliphatic carbocycles. The van der Waals surface area contributed by atoms with E-state index in [1.807, 2.05) is 17.9 Å². The highest BCUT2D eigenvalue weighted by molar-refractivity contribution is 6.31. The van der Waals surface area contributed by atoms with Gasteiger partial charge in [0, 0.05) is 43.1 Å². The molecule has 0 aromatic heterocycles. The number of ether oxygens (including phenoxy) is 1. The molecule has 7 nitrogen and oxygen atoms in total. The maximum Gasteiger partial charge on any atom is 0.409 e. The Hall–Kier alpha value is -2.72. The molecular weight excluding hydrogens is 356 g/mol. The van der Waals surface area contributed by atoms with Gasteiger partial charge in [-0.1, -0.05) is 17.7 Å². The number of nitrogens with one attached hydrogen (secondary N) is 1. The van der Waals surface area contributed by atoms with E-state index in [1.54, 1.807) is 30.0 Å². The van der Waals surface area contributed by atoms with Crippen molar-refractivity contribution in [2.24, 2.45) is 0 Å². The molecule has 1 fully saturated rings. The molecule has 0 atom stereocenters. The van der Waals surface area contributed by atoms with E-state index in [9.17, 15) is 14.9 Å². The average Bonchev–Trinajstić information content (AvgIpc) is 2.63. The van der Waals surface area contributed by atoms with Crippen LogP contribution in [0.15, 0.2) is 30.0 Å². The molecule has 2 rings (SSSR count). The molecule has 1 N–H and O–H groups in total. The molecule has 138 valence electrons. The summed E-state index contributed by atoms with van der Waals surface area (Å²) >= 11 is 6.05. The van der Waals surface area contributed by atoms with Crippen LogP contribution in [-0.4, -0.2) is 54.6 Å². The molecule has 1 saturated heterocycles. The van der Waals surface area contributed by atoms with Crippen molar-refractivity contribution in [1.82, 2.24) is 9.80 Å². The normalized spacial score (nSPS) is 14.6. The monoisotopic (exact) mass is 376 g/mol. The van der Waals surface area contributed by atoms with Crippen molar-refractivity contribution in [2.45, 2.75) is 13.8 Å². The van der Waals surface area contributed by atoms with E-state index in [0.717, 1.165) is 5.56 Å². The van der Waals surface area contributed by atoms with E-state index in [1.165, 1.54) is 6.20 Å². The number of amides is 2. The predicted octanol–water partition coefficient (Wildman–Crippen LogP) is 2.77. The van der Waals surface area contributed by atoms with E-state index in [0.29, 0.717) is 43.5 Å². The van der Waals surface area contributed by atoms with Gasteiger partial charge in [0.15, 0.2) is 0 Å². The number of benzene rings is 1. The third kappa shape index (κ3) is 5.14. The minimum atomic E-state index is -0.500. The first-order valence-corrected chi connectivity index (χ1v) is 8.67. The lowest BCUT2D eigenvalue weighted by molar-refractivity contribution is -0.112. The number of halogens is 1. The van der Waals surface area contributed by atoms with Crippen LogP contribution in [0.4, 0.5) is 10.5 Å². The molecule has 2 amide bonds. The first-order chi connectivity index (χ1) is 12.4. The first kappa shape index (κ1) is 19.6. The Morgan fingerprint density at radius 2 is 2.04 bits per heavy atom. The first-order valence-electron chi connectivity index (χ1n) is 8.29. The molecule has 0 spiro atoms. The van der Waals surface area contributed by atoms with Crippen LogP contribution in [0.25, 0.3) is 0 Å². The molecule has 1 aliphatic heterocycles. The lowest BCUT2D eigenvalue weighted by atomic mass is 10.2. The minimum absolute atomic E-state index is 0.00807. The van der Waals surface area contributed by atoms with Gasteiger partial charge >= 0.3 is 6.09 Å². The summed E-state index contributed by atoms with van der Waals surface area (Å²) in [5.74, 6) is -0.500. The van der Waals surface area contributed by atoms with Gasteiger partial charge in [0.2, 0.25) is 0 Å². The smallest absolute Gasteiger partial charge is 0.409 e. The summed E-state index contributed by atoms with van der Waals surface area (Å²) in [6.07, 6.45) is 1.18. The highest BCUT2D eigenvalue weighted by Crippen LogP contribution is 2.20. The van der Waals surface area contributed by atoms with Crippen molar-refractivity contribution in [3.05, 3.63) is 40.6 Å². The number of piperazine rings is 1. The summed E-state index contributed by atoms with van der Waals surface area (Å²) in [6.45, 7) is 5.95. The van der Waals surface area contributed by atoms with Crippen molar-refractivity contribution in [1.29, 1.82) is 5.26 Å². The average molecular weight is 377 g/mol. The molecule has 0 radical (unpaired) electrons. The number of aryl methyl sites for hydroxylation is 1. The Balaban J connectivity index is 1.97. The van der Waals surface area contributed by atoms with Gasteiger partial charge in [0.1, 0.15) is 11.6 Å². The highest BCUT2D eigenvalue weighted by atomic mass is 35.5. The fraction of sp³-hybridized carbons (Fsp3) is 0.389. The van der Waals surface area contributed by atoms with Gasteiger partial charge in [-0.15, -0.1) is 0 Å². The molecule has 1 heterocycles. The maximum atomic E-state index is 12.3. The van der Waals surface area contributed by atoms with E-state index >= 15 is 0 Å². The number of nitrogens with zero attached hydrogens (tertiary/aromatic N) is 3. The highest BCUT2D eigenvalue weighted by Gasteiger charge is 2.21. The predicted molar refractivity (Wildman–Crippen MR) is 98.7 cm³/mol. The lowest BCUT2D eigenvalue weighted by Gasteiger charge is -2.33. The SMILES string of the molecule is CCOC(=O)N1CCN(/C=C(/C#N)C(=O)Nc2ccc(C)c(Cl)c2)CC1. The van der Waals surface area contributed by atoms with Crippen LogP contribution < -0.4 is 5.32 Å². The molecular formula is C18H21ClN4O3. The van der Waals surface area contributed by atoms with E-state index in [4.69, 9.17) is 16.3 Å². The second kappa shape index (κ2) is 9.11. The molecule has 0 saturated carbocycles. The third-order valence-corrected chi connectivity index (χ3v) is 4.35. The molecule has 26 heavy (non-hydrogen) atoms. The van der Waals surface area contributed by atoms with Crippen molar-refractivity contribution in [3.8, 4) is 6.07 Å². The maximum absolute atomic E-state index is 12.3. The van der Waals surface area contributed by atoms with E-state index in [-0.39, 0.29) is 11.7 Å². The van der Waals surface area contributed by atoms with Crippen LogP contribution in [0, 0.1) is 18.3 Å². The Kier molecular flexibility index (Phi) is 6.87. The molecule has 0 unspecified atom stereocenters. The fourth-order valence-electron chi connectivity index (χ4n) is 2.44. The molecule has 1 aliphatic rings. The second-order valence-electron chi connectivity index (χ2n) is 5.79. The number of rotatable bonds is 4. The van der Waals surface area contributed by atoms with Gasteiger partial charge in [-0.25, -0.2) is 4.79 Å². The quantitative estimate of drug-likeness (QED) is 0.645. The summed E-state index contributed by atoms with van der Waals surface area (Å²) in [5, 5.41) is 12.5. The zero-order valence-electron chi connectivity index (χ0n) is 14.8. The number of carbonyl (C=O) groups excluding carboxylic acids is 2. The third-order valence-electron chi connectivity index (χ3n) is 3.95. The largest absolute Gasteiger partial charge is 0.450 e. The Morgan fingerprint density at radius 3 is 2.62 bits per heavy atom. The number of anilines is 1. The van der Waals surface area contributed by atoms with Gasteiger partial charge in [0.05, 0.1) is 6.61 Å². The molecule has 8 heteroatoms. The summed E-state index contributed by atoms with van der Waals surface area (Å²) < 4.78 is 4.97. The summed E-state index contributed by atoms with van der Waals surface area (Å²) in [4.78, 5) is 27.5. The fourth-order valence-corrected chi connectivity index (χ4v) is 2.62. The minimum Gasteiger partial charge on any atom is -0.450 e. The van der Waals surface area contributed by atoms with Gasteiger partial charge in [0.25, 0.3) is 5.91 Å². The standard InChI is InChI=1S/C18H21ClN4O3/c1-3-26-18(25)23-8-6-22(7-9-23)12-14(11-20)17(24)21-15-5-4-13(2)16(19)10-15/h4-5,10,12H,3,6-9H2,1-2H3,(H,21,24)/b14-12-. The number of nitriles is 1. The van der Waals surface area contributed by atoms with E-state index in [2.05, 4.69) is 5.32 Å². The Bertz CT molecular complexity index is 749. The summed E-state index contributed by atoms with van der Waals surface area (Å²) in [5.41, 5.74) is 1.42. The number of hydrogen-bond acceptors (Lipinski definition) is 5. The van der Waals surface area contributed by atoms with Gasteiger partial charge in [-0.2, -0.15) is 5.26 Å². The van der Waals surface area contributed by atoms with Crippen LogP contribution in [0.1, 0.15) is 12.5 Å². The van der Waals surface area contributed by atoms with Crippen LogP contribution >= 0.6 is 11.6 Å². The van der Waals surface area contributed by atoms with Crippen molar-refractivity contribution >= 4 is 29.3 Å². The Labute approximate surface area is 157 Å². The topological polar surface area (TPSA) is 85.7 Å². The molecule has 1 aromatic carbocycles. The zero-order valence-corrected chi connectivity index (χ0v) is 15.5. The van der Waals surface area contributed by atoms with Crippen molar-refractivity contribution in [2.75, 3.05) is 38.1 Å². The van der Waals surface area contributed by atoms with E-state index < -0.39 is 5.91 Å². The van der Waals surface area contributed by atoms with Gasteiger partial charge in [-0.05, 0) is 31.5 Å². The van der Waals surface area contributed by atoms with Crippen LogP contribution in [0.3, 0.4) is 0 Å². The van der Waals surface area contributed by atoms with Crippen LogP contribution in [0.2, 0.25) is 5.02 Å². The lowest BCUT2D eigenvalue weighted by Crippen LogP contribution is -2.47. The van der Waals surface area contributed by atoms with Crippen LogP contribution in [0.5, 0.6) is 0 Å². The Morgan fingerprint density at radius 1 is 1.35 bits per heavy atom. The van der Waals surface area contributed by atoms with Crippen molar-refractivity contribution in [3.63, 3.8) is 0 Å². The molecule has 1 aromatic rings. The van der Waals surface area contributed by atoms with Gasteiger partial charge in [-0.3, -0.25) is 4.79 Å². The molecule has 0 bridgehead atoms. The number of hydrogen-bond donors (Lipinski definition) is 1. The summed E-state index contributed by atoms with van der Waals surface area (Å²) in [7, 11) is 0. The zero-order chi connectivity index (χ0) is 19.1. The van der Waals surface area contributed by atoms with Crippen LogP contribution in [-0.2, 0) is 9.53 Å².